The molecule has 0 amide bonds. The second-order valence-electron chi connectivity index (χ2n) is 4.08. The molecule has 0 spiro atoms. The lowest BCUT2D eigenvalue weighted by molar-refractivity contribution is 0.600. The zero-order chi connectivity index (χ0) is 14.9. The minimum absolute atomic E-state index is 0.112. The minimum atomic E-state index is -3.81. The number of pyridine rings is 1. The molecule has 2 rings (SSSR count). The molecule has 0 unspecified atom stereocenters. The van der Waals surface area contributed by atoms with Crippen LogP contribution in [0.4, 0.5) is 5.69 Å². The van der Waals surface area contributed by atoms with Crippen molar-refractivity contribution in [3.63, 3.8) is 0 Å². The van der Waals surface area contributed by atoms with E-state index < -0.39 is 15.6 Å². The summed E-state index contributed by atoms with van der Waals surface area (Å²) in [5, 5.41) is -0.182. The first-order valence-electron chi connectivity index (χ1n) is 5.47. The summed E-state index contributed by atoms with van der Waals surface area (Å²) in [6.07, 6.45) is 1.10. The fraction of sp³-hybridized carbons (Fsp3) is 0.0833. The average Bonchev–Trinajstić information content (AvgIpc) is 2.37. The number of H-pyrrole nitrogens is 1. The molecular weight excluding hydrogens is 368 g/mol. The first kappa shape index (κ1) is 15.1. The van der Waals surface area contributed by atoms with Crippen LogP contribution in [0.25, 0.3) is 0 Å². The first-order chi connectivity index (χ1) is 9.29. The summed E-state index contributed by atoms with van der Waals surface area (Å²) in [6, 6.07) is 6.18. The van der Waals surface area contributed by atoms with Crippen LogP contribution in [-0.2, 0) is 10.0 Å². The minimum Gasteiger partial charge on any atom is -0.326 e. The lowest BCUT2D eigenvalue weighted by Gasteiger charge is -2.09. The largest absolute Gasteiger partial charge is 0.326 e. The van der Waals surface area contributed by atoms with Gasteiger partial charge in [-0.25, -0.2) is 8.42 Å². The highest BCUT2D eigenvalue weighted by molar-refractivity contribution is 9.10. The van der Waals surface area contributed by atoms with E-state index in [9.17, 15) is 13.2 Å². The molecule has 2 aromatic rings. The maximum absolute atomic E-state index is 12.2. The van der Waals surface area contributed by atoms with Gasteiger partial charge in [0.1, 0.15) is 9.92 Å². The van der Waals surface area contributed by atoms with Crippen LogP contribution < -0.4 is 10.3 Å². The number of halogens is 2. The van der Waals surface area contributed by atoms with Crippen molar-refractivity contribution in [1.29, 1.82) is 0 Å². The van der Waals surface area contributed by atoms with Gasteiger partial charge in [0.2, 0.25) is 0 Å². The Morgan fingerprint density at radius 2 is 2.00 bits per heavy atom. The van der Waals surface area contributed by atoms with E-state index >= 15 is 0 Å². The fourth-order valence-corrected chi connectivity index (χ4v) is 3.12. The van der Waals surface area contributed by atoms with Gasteiger partial charge in [0.15, 0.2) is 0 Å². The summed E-state index contributed by atoms with van der Waals surface area (Å²) < 4.78 is 27.5. The van der Waals surface area contributed by atoms with Gasteiger partial charge in [0, 0.05) is 16.4 Å². The third kappa shape index (κ3) is 3.23. The second kappa shape index (κ2) is 5.59. The third-order valence-electron chi connectivity index (χ3n) is 2.57. The van der Waals surface area contributed by atoms with E-state index in [1.165, 1.54) is 0 Å². The van der Waals surface area contributed by atoms with Crippen molar-refractivity contribution < 1.29 is 8.42 Å². The van der Waals surface area contributed by atoms with Crippen molar-refractivity contribution in [2.75, 3.05) is 4.72 Å². The molecule has 1 heterocycles. The van der Waals surface area contributed by atoms with Crippen LogP contribution in [0.5, 0.6) is 0 Å². The number of rotatable bonds is 3. The van der Waals surface area contributed by atoms with E-state index in [1.54, 1.807) is 18.2 Å². The maximum atomic E-state index is 12.2. The Labute approximate surface area is 129 Å². The van der Waals surface area contributed by atoms with E-state index in [1.807, 2.05) is 6.92 Å². The SMILES string of the molecule is Cc1ccc(NS(=O)(=O)c2c[nH]c(=O)c(Cl)c2)cc1Br. The summed E-state index contributed by atoms with van der Waals surface area (Å²) >= 11 is 8.95. The summed E-state index contributed by atoms with van der Waals surface area (Å²) in [5.74, 6) is 0. The van der Waals surface area contributed by atoms with Crippen LogP contribution in [0.1, 0.15) is 5.56 Å². The summed E-state index contributed by atoms with van der Waals surface area (Å²) in [7, 11) is -3.81. The number of nitrogens with one attached hydrogen (secondary N) is 2. The molecule has 0 saturated heterocycles. The van der Waals surface area contributed by atoms with Crippen molar-refractivity contribution in [1.82, 2.24) is 4.98 Å². The molecule has 0 aliphatic carbocycles. The molecule has 2 N–H and O–H groups in total. The lowest BCUT2D eigenvalue weighted by Crippen LogP contribution is -2.16. The van der Waals surface area contributed by atoms with Crippen LogP contribution in [0.3, 0.4) is 0 Å². The molecule has 0 aliphatic heterocycles. The van der Waals surface area contributed by atoms with E-state index in [0.29, 0.717) is 5.69 Å². The van der Waals surface area contributed by atoms with Gasteiger partial charge in [-0.2, -0.15) is 0 Å². The van der Waals surface area contributed by atoms with Crippen LogP contribution in [0.2, 0.25) is 5.02 Å². The zero-order valence-corrected chi connectivity index (χ0v) is 13.4. The first-order valence-corrected chi connectivity index (χ1v) is 8.12. The van der Waals surface area contributed by atoms with Gasteiger partial charge in [0.05, 0.1) is 0 Å². The van der Waals surface area contributed by atoms with Crippen LogP contribution in [0.15, 0.2) is 44.6 Å². The van der Waals surface area contributed by atoms with Gasteiger partial charge < -0.3 is 4.98 Å². The maximum Gasteiger partial charge on any atom is 0.266 e. The van der Waals surface area contributed by atoms with Gasteiger partial charge in [0.25, 0.3) is 15.6 Å². The predicted molar refractivity (Wildman–Crippen MR) is 81.8 cm³/mol. The number of benzene rings is 1. The molecule has 0 aliphatic rings. The highest BCUT2D eigenvalue weighted by Gasteiger charge is 2.16. The van der Waals surface area contributed by atoms with Crippen molar-refractivity contribution in [3.05, 3.63) is 55.9 Å². The molecule has 106 valence electrons. The molecule has 20 heavy (non-hydrogen) atoms. The lowest BCUT2D eigenvalue weighted by atomic mass is 10.2. The summed E-state index contributed by atoms with van der Waals surface area (Å²) in [5.41, 5.74) is 0.855. The Morgan fingerprint density at radius 3 is 2.60 bits per heavy atom. The Morgan fingerprint density at radius 1 is 1.30 bits per heavy atom. The standard InChI is InChI=1S/C12H10BrClN2O3S/c1-7-2-3-8(4-10(7)13)16-20(18,19)9-5-11(14)12(17)15-6-9/h2-6,16H,1H3,(H,15,17). The van der Waals surface area contributed by atoms with Crippen molar-refractivity contribution >= 4 is 43.2 Å². The quantitative estimate of drug-likeness (QED) is 0.863. The highest BCUT2D eigenvalue weighted by atomic mass is 79.9. The molecule has 5 nitrogen and oxygen atoms in total. The molecule has 0 saturated carbocycles. The fourth-order valence-electron chi connectivity index (χ4n) is 1.46. The Kier molecular flexibility index (Phi) is 4.22. The summed E-state index contributed by atoms with van der Waals surface area (Å²) in [6.45, 7) is 1.89. The van der Waals surface area contributed by atoms with E-state index in [0.717, 1.165) is 22.3 Å². The van der Waals surface area contributed by atoms with Crippen molar-refractivity contribution in [2.45, 2.75) is 11.8 Å². The van der Waals surface area contributed by atoms with Gasteiger partial charge >= 0.3 is 0 Å². The number of hydrogen-bond donors (Lipinski definition) is 2. The monoisotopic (exact) mass is 376 g/mol. The summed E-state index contributed by atoms with van der Waals surface area (Å²) in [4.78, 5) is 13.3. The van der Waals surface area contributed by atoms with Gasteiger partial charge in [-0.3, -0.25) is 9.52 Å². The number of sulfonamides is 1. The van der Waals surface area contributed by atoms with Crippen LogP contribution in [-0.4, -0.2) is 13.4 Å². The van der Waals surface area contributed by atoms with E-state index in [4.69, 9.17) is 11.6 Å². The highest BCUT2D eigenvalue weighted by Crippen LogP contribution is 2.23. The molecular formula is C12H10BrClN2O3S. The van der Waals surface area contributed by atoms with E-state index in [-0.39, 0.29) is 9.92 Å². The molecule has 0 atom stereocenters. The predicted octanol–water partition coefficient (Wildman–Crippen LogP) is 2.90. The molecule has 8 heteroatoms. The number of hydrogen-bond acceptors (Lipinski definition) is 3. The second-order valence-corrected chi connectivity index (χ2v) is 7.03. The molecule has 0 fully saturated rings. The Hall–Kier alpha value is -1.31. The number of aryl methyl sites for hydroxylation is 1. The number of anilines is 1. The van der Waals surface area contributed by atoms with Gasteiger partial charge in [-0.05, 0) is 30.7 Å². The normalized spacial score (nSPS) is 11.3. The van der Waals surface area contributed by atoms with Crippen molar-refractivity contribution in [2.24, 2.45) is 0 Å². The molecule has 0 radical (unpaired) electrons. The molecule has 0 bridgehead atoms. The Bertz CT molecular complexity index is 818. The Balaban J connectivity index is 2.37. The number of aromatic amines is 1. The third-order valence-corrected chi connectivity index (χ3v) is 5.06. The smallest absolute Gasteiger partial charge is 0.266 e. The van der Waals surface area contributed by atoms with E-state index in [2.05, 4.69) is 25.6 Å². The molecule has 1 aromatic carbocycles. The number of aromatic nitrogens is 1. The van der Waals surface area contributed by atoms with Crippen LogP contribution in [0, 0.1) is 6.92 Å². The molecule has 1 aromatic heterocycles. The van der Waals surface area contributed by atoms with Gasteiger partial charge in [-0.1, -0.05) is 33.6 Å². The average molecular weight is 378 g/mol. The van der Waals surface area contributed by atoms with Gasteiger partial charge in [-0.15, -0.1) is 0 Å². The van der Waals surface area contributed by atoms with Crippen molar-refractivity contribution in [3.8, 4) is 0 Å². The zero-order valence-electron chi connectivity index (χ0n) is 10.3. The van der Waals surface area contributed by atoms with Crippen LogP contribution >= 0.6 is 27.5 Å². The topological polar surface area (TPSA) is 79.0 Å².